The van der Waals surface area contributed by atoms with Gasteiger partial charge in [0.2, 0.25) is 0 Å². The Balaban J connectivity index is 2.21. The summed E-state index contributed by atoms with van der Waals surface area (Å²) in [4.78, 5) is 16.2. The second-order valence-electron chi connectivity index (χ2n) is 4.28. The number of carbonyl (C=O) groups is 1. The molecule has 1 heterocycles. The molecule has 0 atom stereocenters. The molecule has 0 bridgehead atoms. The van der Waals surface area contributed by atoms with E-state index < -0.39 is 11.7 Å². The monoisotopic (exact) mass is 284 g/mol. The Labute approximate surface area is 121 Å². The van der Waals surface area contributed by atoms with E-state index in [1.807, 2.05) is 0 Å². The van der Waals surface area contributed by atoms with Gasteiger partial charge in [-0.25, -0.2) is 9.37 Å². The molecule has 0 saturated carbocycles. The van der Waals surface area contributed by atoms with Crippen LogP contribution < -0.4 is 5.32 Å². The summed E-state index contributed by atoms with van der Waals surface area (Å²) < 4.78 is 13.2. The van der Waals surface area contributed by atoms with Gasteiger partial charge in [0.15, 0.2) is 0 Å². The van der Waals surface area contributed by atoms with Crippen molar-refractivity contribution in [1.82, 2.24) is 4.98 Å². The number of aromatic nitrogens is 1. The van der Waals surface area contributed by atoms with Crippen molar-refractivity contribution in [2.45, 2.75) is 6.92 Å². The average Bonchev–Trinajstić information content (AvgIpc) is 2.48. The molecule has 1 amide bonds. The van der Waals surface area contributed by atoms with E-state index in [2.05, 4.69) is 22.1 Å². The predicted molar refractivity (Wildman–Crippen MR) is 77.3 cm³/mol. The summed E-state index contributed by atoms with van der Waals surface area (Å²) in [6, 6.07) is 8.97. The van der Waals surface area contributed by atoms with Crippen molar-refractivity contribution >= 4 is 11.7 Å². The summed E-state index contributed by atoms with van der Waals surface area (Å²) >= 11 is 0. The highest BCUT2D eigenvalue weighted by Crippen LogP contribution is 2.13. The standard InChI is InChI=1S/C16H13FN2O2/c1-11-7-8-12(17)10-14(11)16(21)19-15-6-2-4-13(18-15)5-3-9-20/h2,4,6-8,10,20H,9H2,1H3,(H,18,19,21). The maximum Gasteiger partial charge on any atom is 0.257 e. The zero-order chi connectivity index (χ0) is 15.2. The van der Waals surface area contributed by atoms with Crippen molar-refractivity contribution in [3.63, 3.8) is 0 Å². The molecular formula is C16H13FN2O2. The molecule has 0 unspecified atom stereocenters. The van der Waals surface area contributed by atoms with Gasteiger partial charge in [-0.1, -0.05) is 18.1 Å². The van der Waals surface area contributed by atoms with Crippen LogP contribution in [0.1, 0.15) is 21.6 Å². The zero-order valence-electron chi connectivity index (χ0n) is 11.4. The van der Waals surface area contributed by atoms with Gasteiger partial charge >= 0.3 is 0 Å². The van der Waals surface area contributed by atoms with Crippen LogP contribution in [0.15, 0.2) is 36.4 Å². The molecule has 106 valence electrons. The van der Waals surface area contributed by atoms with Crippen LogP contribution >= 0.6 is 0 Å². The highest BCUT2D eigenvalue weighted by molar-refractivity contribution is 6.04. The fourth-order valence-electron chi connectivity index (χ4n) is 1.73. The quantitative estimate of drug-likeness (QED) is 0.830. The highest BCUT2D eigenvalue weighted by Gasteiger charge is 2.11. The maximum absolute atomic E-state index is 13.2. The van der Waals surface area contributed by atoms with E-state index in [1.54, 1.807) is 31.2 Å². The summed E-state index contributed by atoms with van der Waals surface area (Å²) in [6.07, 6.45) is 0. The summed E-state index contributed by atoms with van der Waals surface area (Å²) in [5.41, 5.74) is 1.35. The van der Waals surface area contributed by atoms with Crippen molar-refractivity contribution in [3.05, 3.63) is 59.0 Å². The Bertz CT molecular complexity index is 733. The normalized spacial score (nSPS) is 9.67. The van der Waals surface area contributed by atoms with Crippen molar-refractivity contribution < 1.29 is 14.3 Å². The fourth-order valence-corrected chi connectivity index (χ4v) is 1.73. The Hall–Kier alpha value is -2.71. The Morgan fingerprint density at radius 1 is 1.38 bits per heavy atom. The first kappa shape index (κ1) is 14.7. The Kier molecular flexibility index (Phi) is 4.64. The van der Waals surface area contributed by atoms with Gasteiger partial charge in [0, 0.05) is 5.56 Å². The van der Waals surface area contributed by atoms with Crippen LogP contribution in [-0.2, 0) is 0 Å². The molecule has 2 rings (SSSR count). The summed E-state index contributed by atoms with van der Waals surface area (Å²) in [5.74, 6) is 4.52. The van der Waals surface area contributed by atoms with Crippen molar-refractivity contribution in [2.75, 3.05) is 11.9 Å². The minimum Gasteiger partial charge on any atom is -0.384 e. The van der Waals surface area contributed by atoms with Crippen molar-refractivity contribution in [3.8, 4) is 11.8 Å². The molecule has 5 heteroatoms. The van der Waals surface area contributed by atoms with E-state index in [-0.39, 0.29) is 12.2 Å². The number of amides is 1. The van der Waals surface area contributed by atoms with Gasteiger partial charge in [-0.15, -0.1) is 0 Å². The number of benzene rings is 1. The lowest BCUT2D eigenvalue weighted by Crippen LogP contribution is -2.14. The molecule has 2 N–H and O–H groups in total. The van der Waals surface area contributed by atoms with Gasteiger partial charge in [-0.3, -0.25) is 4.79 Å². The van der Waals surface area contributed by atoms with E-state index in [1.165, 1.54) is 12.1 Å². The fraction of sp³-hybridized carbons (Fsp3) is 0.125. The van der Waals surface area contributed by atoms with Gasteiger partial charge in [0.05, 0.1) is 0 Å². The minimum atomic E-state index is -0.471. The summed E-state index contributed by atoms with van der Waals surface area (Å²) in [6.45, 7) is 1.46. The molecule has 1 aromatic carbocycles. The van der Waals surface area contributed by atoms with Crippen LogP contribution in [0.25, 0.3) is 0 Å². The number of aliphatic hydroxyl groups excluding tert-OH is 1. The Morgan fingerprint density at radius 3 is 2.95 bits per heavy atom. The second-order valence-corrected chi connectivity index (χ2v) is 4.28. The number of aryl methyl sites for hydroxylation is 1. The van der Waals surface area contributed by atoms with E-state index in [0.29, 0.717) is 17.1 Å². The number of aliphatic hydroxyl groups is 1. The first-order chi connectivity index (χ1) is 10.1. The number of anilines is 1. The van der Waals surface area contributed by atoms with E-state index in [0.717, 1.165) is 0 Å². The van der Waals surface area contributed by atoms with Crippen molar-refractivity contribution in [2.24, 2.45) is 0 Å². The van der Waals surface area contributed by atoms with Gasteiger partial charge in [-0.05, 0) is 42.7 Å². The number of rotatable bonds is 2. The molecule has 0 aliphatic carbocycles. The molecule has 1 aromatic heterocycles. The topological polar surface area (TPSA) is 62.2 Å². The Morgan fingerprint density at radius 2 is 2.19 bits per heavy atom. The van der Waals surface area contributed by atoms with E-state index >= 15 is 0 Å². The van der Waals surface area contributed by atoms with Gasteiger partial charge in [0.25, 0.3) is 5.91 Å². The van der Waals surface area contributed by atoms with Crippen LogP contribution in [0.2, 0.25) is 0 Å². The number of pyridine rings is 1. The molecule has 4 nitrogen and oxygen atoms in total. The van der Waals surface area contributed by atoms with Gasteiger partial charge in [0.1, 0.15) is 23.9 Å². The third-order valence-corrected chi connectivity index (χ3v) is 2.73. The van der Waals surface area contributed by atoms with Crippen molar-refractivity contribution in [1.29, 1.82) is 0 Å². The SMILES string of the molecule is Cc1ccc(F)cc1C(=O)Nc1cccc(C#CCO)n1. The molecule has 0 radical (unpaired) electrons. The lowest BCUT2D eigenvalue weighted by Gasteiger charge is -2.07. The van der Waals surface area contributed by atoms with Crippen LogP contribution in [0, 0.1) is 24.6 Å². The van der Waals surface area contributed by atoms with Crippen LogP contribution in [0.3, 0.4) is 0 Å². The van der Waals surface area contributed by atoms with Gasteiger partial charge in [-0.2, -0.15) is 0 Å². The molecule has 0 saturated heterocycles. The lowest BCUT2D eigenvalue weighted by atomic mass is 10.1. The molecule has 0 spiro atoms. The van der Waals surface area contributed by atoms with Crippen LogP contribution in [0.4, 0.5) is 10.2 Å². The first-order valence-corrected chi connectivity index (χ1v) is 6.24. The number of halogens is 1. The number of hydrogen-bond donors (Lipinski definition) is 2. The van der Waals surface area contributed by atoms with Gasteiger partial charge < -0.3 is 10.4 Å². The number of hydrogen-bond acceptors (Lipinski definition) is 3. The third kappa shape index (κ3) is 3.88. The first-order valence-electron chi connectivity index (χ1n) is 6.24. The molecule has 21 heavy (non-hydrogen) atoms. The van der Waals surface area contributed by atoms with E-state index in [9.17, 15) is 9.18 Å². The number of carbonyl (C=O) groups excluding carboxylic acids is 1. The van der Waals surface area contributed by atoms with Crippen LogP contribution in [-0.4, -0.2) is 22.6 Å². The smallest absolute Gasteiger partial charge is 0.257 e. The second kappa shape index (κ2) is 6.64. The highest BCUT2D eigenvalue weighted by atomic mass is 19.1. The maximum atomic E-state index is 13.2. The molecule has 0 aliphatic rings. The van der Waals surface area contributed by atoms with E-state index in [4.69, 9.17) is 5.11 Å². The zero-order valence-corrected chi connectivity index (χ0v) is 11.4. The summed E-state index contributed by atoms with van der Waals surface area (Å²) in [7, 11) is 0. The lowest BCUT2D eigenvalue weighted by molar-refractivity contribution is 0.102. The molecule has 0 fully saturated rings. The van der Waals surface area contributed by atoms with Crippen LogP contribution in [0.5, 0.6) is 0 Å². The third-order valence-electron chi connectivity index (χ3n) is 2.73. The number of nitrogens with one attached hydrogen (secondary N) is 1. The molecule has 0 aliphatic heterocycles. The average molecular weight is 284 g/mol. The minimum absolute atomic E-state index is 0.253. The molecular weight excluding hydrogens is 271 g/mol. The number of nitrogens with zero attached hydrogens (tertiary/aromatic N) is 1. The predicted octanol–water partition coefficient (Wildman–Crippen LogP) is 2.13. The summed E-state index contributed by atoms with van der Waals surface area (Å²) in [5, 5.41) is 11.2. The molecule has 2 aromatic rings. The largest absolute Gasteiger partial charge is 0.384 e.